The minimum Gasteiger partial charge on any atom is -0.497 e. The monoisotopic (exact) mass is 408 g/mol. The molecular weight excluding hydrogens is 388 g/mol. The molecule has 3 aromatic carbocycles. The lowest BCUT2D eigenvalue weighted by molar-refractivity contribution is 0.415. The number of aromatic nitrogens is 5. The zero-order valence-corrected chi connectivity index (χ0v) is 16.9. The summed E-state index contributed by atoms with van der Waals surface area (Å²) in [4.78, 5) is 4.62. The summed E-state index contributed by atoms with van der Waals surface area (Å²) < 4.78 is 5.30. The highest BCUT2D eigenvalue weighted by Gasteiger charge is 2.07. The molecule has 31 heavy (non-hydrogen) atoms. The van der Waals surface area contributed by atoms with Gasteiger partial charge in [-0.2, -0.15) is 10.2 Å². The molecule has 0 atom stereocenters. The van der Waals surface area contributed by atoms with Crippen LogP contribution < -0.4 is 10.1 Å². The molecule has 2 aromatic heterocycles. The van der Waals surface area contributed by atoms with Crippen molar-refractivity contribution in [1.29, 1.82) is 0 Å². The fourth-order valence-electron chi connectivity index (χ4n) is 3.41. The molecule has 0 aliphatic carbocycles. The number of fused-ring (bicyclic) bond motifs is 1. The van der Waals surface area contributed by atoms with Crippen LogP contribution in [-0.2, 0) is 6.54 Å². The van der Waals surface area contributed by atoms with Gasteiger partial charge in [0.1, 0.15) is 5.75 Å². The van der Waals surface area contributed by atoms with Gasteiger partial charge in [-0.15, -0.1) is 5.10 Å². The lowest BCUT2D eigenvalue weighted by atomic mass is 10.1. The summed E-state index contributed by atoms with van der Waals surface area (Å²) >= 11 is 0. The Morgan fingerprint density at radius 3 is 2.58 bits per heavy atom. The minimum atomic E-state index is 0.461. The maximum Gasteiger partial charge on any atom is 0.243 e. The first-order valence-electron chi connectivity index (χ1n) is 9.90. The summed E-state index contributed by atoms with van der Waals surface area (Å²) in [6.45, 7) is 0.516. The van der Waals surface area contributed by atoms with Gasteiger partial charge in [-0.25, -0.2) is 4.98 Å². The number of rotatable bonds is 6. The number of hydrogen-bond acceptors (Lipinski definition) is 6. The van der Waals surface area contributed by atoms with Gasteiger partial charge in [-0.1, -0.05) is 48.5 Å². The first kappa shape index (κ1) is 18.7. The summed E-state index contributed by atoms with van der Waals surface area (Å²) in [5, 5.41) is 21.1. The van der Waals surface area contributed by atoms with Crippen LogP contribution in [0.1, 0.15) is 5.69 Å². The summed E-state index contributed by atoms with van der Waals surface area (Å²) in [6.07, 6.45) is 1.67. The van der Waals surface area contributed by atoms with Crippen LogP contribution in [0.4, 0.5) is 5.95 Å². The summed E-state index contributed by atoms with van der Waals surface area (Å²) in [5.41, 5.74) is 4.64. The van der Waals surface area contributed by atoms with Gasteiger partial charge in [0.05, 0.1) is 36.9 Å². The number of ether oxygens (including phenoxy) is 1. The van der Waals surface area contributed by atoms with Crippen LogP contribution in [0, 0.1) is 0 Å². The zero-order chi connectivity index (χ0) is 21.0. The molecule has 5 rings (SSSR count). The normalized spacial score (nSPS) is 10.9. The van der Waals surface area contributed by atoms with E-state index in [4.69, 9.17) is 4.74 Å². The third kappa shape index (κ3) is 4.06. The minimum absolute atomic E-state index is 0.461. The van der Waals surface area contributed by atoms with Crippen molar-refractivity contribution in [3.05, 3.63) is 84.7 Å². The molecule has 0 spiro atoms. The van der Waals surface area contributed by atoms with Gasteiger partial charge in [0, 0.05) is 11.1 Å². The third-order valence-electron chi connectivity index (χ3n) is 5.04. The molecule has 152 valence electrons. The van der Waals surface area contributed by atoms with E-state index in [0.29, 0.717) is 12.5 Å². The Morgan fingerprint density at radius 2 is 1.71 bits per heavy atom. The second-order valence-corrected chi connectivity index (χ2v) is 7.09. The van der Waals surface area contributed by atoms with Gasteiger partial charge in [0.25, 0.3) is 0 Å². The van der Waals surface area contributed by atoms with Crippen molar-refractivity contribution < 1.29 is 4.74 Å². The third-order valence-corrected chi connectivity index (χ3v) is 5.04. The molecule has 7 nitrogen and oxygen atoms in total. The van der Waals surface area contributed by atoms with Crippen LogP contribution >= 0.6 is 0 Å². The predicted octanol–water partition coefficient (Wildman–Crippen LogP) is 4.70. The topological polar surface area (TPSA) is 88.6 Å². The number of nitrogens with zero attached hydrogens (tertiary/aromatic N) is 4. The summed E-state index contributed by atoms with van der Waals surface area (Å²) in [6, 6.07) is 24.2. The molecule has 7 heteroatoms. The Bertz CT molecular complexity index is 1330. The molecule has 0 fully saturated rings. The van der Waals surface area contributed by atoms with Gasteiger partial charge < -0.3 is 10.1 Å². The van der Waals surface area contributed by atoms with E-state index in [1.807, 2.05) is 60.7 Å². The van der Waals surface area contributed by atoms with Gasteiger partial charge in [-0.3, -0.25) is 5.10 Å². The number of H-pyrrole nitrogens is 1. The Morgan fingerprint density at radius 1 is 0.871 bits per heavy atom. The molecule has 0 amide bonds. The number of anilines is 1. The largest absolute Gasteiger partial charge is 0.497 e. The Labute approximate surface area is 179 Å². The van der Waals surface area contributed by atoms with Gasteiger partial charge >= 0.3 is 0 Å². The van der Waals surface area contributed by atoms with Crippen LogP contribution in [0.2, 0.25) is 0 Å². The Hall–Kier alpha value is -4.26. The molecular formula is C24H20N6O. The van der Waals surface area contributed by atoms with Gasteiger partial charge in [0.15, 0.2) is 0 Å². The summed E-state index contributed by atoms with van der Waals surface area (Å²) in [7, 11) is 1.67. The first-order chi connectivity index (χ1) is 15.3. The van der Waals surface area contributed by atoms with Crippen molar-refractivity contribution in [2.45, 2.75) is 6.54 Å². The number of hydrogen-bond donors (Lipinski definition) is 2. The number of nitrogens with one attached hydrogen (secondary N) is 2. The van der Waals surface area contributed by atoms with Crippen molar-refractivity contribution in [2.75, 3.05) is 12.4 Å². The van der Waals surface area contributed by atoms with Crippen LogP contribution in [0.5, 0.6) is 5.75 Å². The molecule has 2 heterocycles. The second-order valence-electron chi connectivity index (χ2n) is 7.09. The maximum absolute atomic E-state index is 5.30. The zero-order valence-electron chi connectivity index (χ0n) is 16.9. The lowest BCUT2D eigenvalue weighted by Crippen LogP contribution is -2.05. The van der Waals surface area contributed by atoms with Crippen LogP contribution in [0.3, 0.4) is 0 Å². The van der Waals surface area contributed by atoms with E-state index in [1.165, 1.54) is 0 Å². The van der Waals surface area contributed by atoms with E-state index in [0.717, 1.165) is 44.7 Å². The van der Waals surface area contributed by atoms with Gasteiger partial charge in [0.2, 0.25) is 5.95 Å². The highest BCUT2D eigenvalue weighted by Crippen LogP contribution is 2.26. The van der Waals surface area contributed by atoms with Crippen LogP contribution in [-0.4, -0.2) is 32.5 Å². The SMILES string of the molecule is COc1ccc2cc(-c3cnnc(NCc4cc(-c5ccccc5)n[nH]4)n3)ccc2c1. The highest BCUT2D eigenvalue weighted by molar-refractivity contribution is 5.87. The smallest absolute Gasteiger partial charge is 0.243 e. The standard InChI is InChI=1S/C24H20N6O/c1-31-21-10-9-17-11-19(8-7-18(17)12-21)23-15-26-30-24(27-23)25-14-20-13-22(29-28-20)16-5-3-2-4-6-16/h2-13,15H,14H2,1H3,(H,28,29)(H,25,27,30). The molecule has 2 N–H and O–H groups in total. The molecule has 0 saturated carbocycles. The fourth-order valence-corrected chi connectivity index (χ4v) is 3.41. The summed E-state index contributed by atoms with van der Waals surface area (Å²) in [5.74, 6) is 1.30. The van der Waals surface area contributed by atoms with Crippen molar-refractivity contribution >= 4 is 16.7 Å². The molecule has 0 unspecified atom stereocenters. The Balaban J connectivity index is 1.32. The molecule has 0 bridgehead atoms. The van der Waals surface area contributed by atoms with Crippen molar-refractivity contribution in [3.63, 3.8) is 0 Å². The number of aromatic amines is 1. The maximum atomic E-state index is 5.30. The van der Waals surface area contributed by atoms with E-state index in [1.54, 1.807) is 13.3 Å². The predicted molar refractivity (Wildman–Crippen MR) is 121 cm³/mol. The van der Waals surface area contributed by atoms with E-state index in [9.17, 15) is 0 Å². The fraction of sp³-hybridized carbons (Fsp3) is 0.0833. The number of methoxy groups -OCH3 is 1. The van der Waals surface area contributed by atoms with E-state index in [-0.39, 0.29) is 0 Å². The molecule has 0 aliphatic heterocycles. The quantitative estimate of drug-likeness (QED) is 0.423. The van der Waals surface area contributed by atoms with Crippen LogP contribution in [0.25, 0.3) is 33.3 Å². The van der Waals surface area contributed by atoms with Gasteiger partial charge in [-0.05, 0) is 35.0 Å². The van der Waals surface area contributed by atoms with Crippen molar-refractivity contribution in [3.8, 4) is 28.3 Å². The average Bonchev–Trinajstić information content (AvgIpc) is 3.32. The molecule has 5 aromatic rings. The van der Waals surface area contributed by atoms with E-state index < -0.39 is 0 Å². The van der Waals surface area contributed by atoms with E-state index >= 15 is 0 Å². The second kappa shape index (κ2) is 8.23. The lowest BCUT2D eigenvalue weighted by Gasteiger charge is -2.07. The number of benzene rings is 3. The first-order valence-corrected chi connectivity index (χ1v) is 9.90. The Kier molecular flexibility index (Phi) is 4.98. The molecule has 0 aliphatic rings. The molecule has 0 radical (unpaired) electrons. The van der Waals surface area contributed by atoms with Crippen LogP contribution in [0.15, 0.2) is 79.0 Å². The van der Waals surface area contributed by atoms with Crippen molar-refractivity contribution in [2.24, 2.45) is 0 Å². The molecule has 0 saturated heterocycles. The highest BCUT2D eigenvalue weighted by atomic mass is 16.5. The van der Waals surface area contributed by atoms with E-state index in [2.05, 4.69) is 42.8 Å². The van der Waals surface area contributed by atoms with Crippen molar-refractivity contribution in [1.82, 2.24) is 25.4 Å². The average molecular weight is 408 g/mol.